The predicted octanol–water partition coefficient (Wildman–Crippen LogP) is 2.68. The van der Waals surface area contributed by atoms with Gasteiger partial charge in [0.15, 0.2) is 0 Å². The summed E-state index contributed by atoms with van der Waals surface area (Å²) in [4.78, 5) is 0. The van der Waals surface area contributed by atoms with E-state index in [2.05, 4.69) is 5.10 Å². The Kier molecular flexibility index (Phi) is 1.75. The number of aryl methyl sites for hydroxylation is 1. The van der Waals surface area contributed by atoms with Crippen LogP contribution in [0.5, 0.6) is 0 Å². The van der Waals surface area contributed by atoms with Gasteiger partial charge in [-0.05, 0) is 6.07 Å². The highest BCUT2D eigenvalue weighted by Crippen LogP contribution is 2.39. The number of halogens is 2. The third-order valence-corrected chi connectivity index (χ3v) is 2.56. The zero-order valence-corrected chi connectivity index (χ0v) is 8.64. The molecule has 14 heavy (non-hydrogen) atoms. The van der Waals surface area contributed by atoms with Gasteiger partial charge >= 0.3 is 0 Å². The number of alkyl halides is 2. The van der Waals surface area contributed by atoms with Crippen molar-refractivity contribution in [3.8, 4) is 0 Å². The number of fused-ring (bicyclic) bond motifs is 1. The Bertz CT molecular complexity index is 361. The summed E-state index contributed by atoms with van der Waals surface area (Å²) in [6, 6.07) is 1.53. The molecule has 0 N–H and O–H groups in total. The molecular formula is C10H14F2N2. The number of nitrogens with zero attached hydrogens (tertiary/aromatic N) is 2. The van der Waals surface area contributed by atoms with E-state index in [-0.39, 0.29) is 17.5 Å². The lowest BCUT2D eigenvalue weighted by Gasteiger charge is -2.14. The molecular weight excluding hydrogens is 186 g/mol. The summed E-state index contributed by atoms with van der Waals surface area (Å²) in [5, 5.41) is 4.19. The van der Waals surface area contributed by atoms with E-state index in [1.54, 1.807) is 0 Å². The minimum atomic E-state index is -2.68. The lowest BCUT2D eigenvalue weighted by Crippen LogP contribution is -2.13. The van der Waals surface area contributed by atoms with Crippen LogP contribution >= 0.6 is 0 Å². The average molecular weight is 200 g/mol. The van der Waals surface area contributed by atoms with Gasteiger partial charge in [0.2, 0.25) is 0 Å². The molecule has 0 aromatic carbocycles. The van der Waals surface area contributed by atoms with Crippen molar-refractivity contribution in [3.63, 3.8) is 0 Å². The van der Waals surface area contributed by atoms with Crippen LogP contribution in [0.15, 0.2) is 6.07 Å². The number of hydrogen-bond donors (Lipinski definition) is 0. The van der Waals surface area contributed by atoms with Gasteiger partial charge in [0, 0.05) is 18.4 Å². The summed E-state index contributed by atoms with van der Waals surface area (Å²) in [5.74, 6) is -2.68. The summed E-state index contributed by atoms with van der Waals surface area (Å²) in [5.41, 5.74) is 0.655. The first kappa shape index (κ1) is 9.62. The van der Waals surface area contributed by atoms with Gasteiger partial charge < -0.3 is 0 Å². The molecule has 1 aliphatic heterocycles. The van der Waals surface area contributed by atoms with Gasteiger partial charge in [-0.2, -0.15) is 13.9 Å². The predicted molar refractivity (Wildman–Crippen MR) is 49.4 cm³/mol. The molecule has 0 unspecified atom stereocenters. The Morgan fingerprint density at radius 2 is 2.07 bits per heavy atom. The van der Waals surface area contributed by atoms with Crippen molar-refractivity contribution in [1.82, 2.24) is 9.78 Å². The van der Waals surface area contributed by atoms with Crippen molar-refractivity contribution < 1.29 is 8.78 Å². The fourth-order valence-electron chi connectivity index (χ4n) is 1.62. The fraction of sp³-hybridized carbons (Fsp3) is 0.700. The topological polar surface area (TPSA) is 17.8 Å². The monoisotopic (exact) mass is 200 g/mol. The SMILES string of the molecule is CC(C)(C)c1cc2n(n1)CCC2(F)F. The summed E-state index contributed by atoms with van der Waals surface area (Å²) in [7, 11) is 0. The first-order valence-electron chi connectivity index (χ1n) is 4.77. The van der Waals surface area contributed by atoms with Gasteiger partial charge in [-0.25, -0.2) is 0 Å². The normalized spacial score (nSPS) is 19.8. The van der Waals surface area contributed by atoms with E-state index in [9.17, 15) is 8.78 Å². The molecule has 0 spiro atoms. The standard InChI is InChI=1S/C10H14F2N2/c1-9(2,3)7-6-8-10(11,12)4-5-14(8)13-7/h6H,4-5H2,1-3H3. The Balaban J connectivity index is 2.45. The van der Waals surface area contributed by atoms with E-state index < -0.39 is 5.92 Å². The molecule has 0 saturated carbocycles. The molecule has 0 aliphatic carbocycles. The van der Waals surface area contributed by atoms with Crippen LogP contribution in [-0.2, 0) is 17.9 Å². The first-order valence-corrected chi connectivity index (χ1v) is 4.77. The molecule has 0 bridgehead atoms. The maximum Gasteiger partial charge on any atom is 0.291 e. The second kappa shape index (κ2) is 2.55. The fourth-order valence-corrected chi connectivity index (χ4v) is 1.62. The van der Waals surface area contributed by atoms with Crippen molar-refractivity contribution >= 4 is 0 Å². The highest BCUT2D eigenvalue weighted by atomic mass is 19.3. The van der Waals surface area contributed by atoms with E-state index in [1.165, 1.54) is 10.7 Å². The minimum Gasteiger partial charge on any atom is -0.263 e. The molecule has 0 saturated heterocycles. The Morgan fingerprint density at radius 1 is 1.43 bits per heavy atom. The molecule has 1 aliphatic rings. The van der Waals surface area contributed by atoms with E-state index in [1.807, 2.05) is 20.8 Å². The minimum absolute atomic E-state index is 0.0717. The van der Waals surface area contributed by atoms with Crippen molar-refractivity contribution in [2.24, 2.45) is 0 Å². The second-order valence-electron chi connectivity index (χ2n) is 4.84. The van der Waals surface area contributed by atoms with Crippen LogP contribution < -0.4 is 0 Å². The van der Waals surface area contributed by atoms with Crippen LogP contribution in [0.4, 0.5) is 8.78 Å². The van der Waals surface area contributed by atoms with Crippen molar-refractivity contribution in [3.05, 3.63) is 17.5 Å². The van der Waals surface area contributed by atoms with E-state index in [0.29, 0.717) is 6.54 Å². The number of aromatic nitrogens is 2. The van der Waals surface area contributed by atoms with Gasteiger partial charge in [-0.3, -0.25) is 4.68 Å². The maximum atomic E-state index is 13.3. The molecule has 0 amide bonds. The Morgan fingerprint density at radius 3 is 2.57 bits per heavy atom. The first-order chi connectivity index (χ1) is 6.31. The summed E-state index contributed by atoms with van der Waals surface area (Å²) >= 11 is 0. The van der Waals surface area contributed by atoms with Crippen LogP contribution in [0, 0.1) is 0 Å². The lowest BCUT2D eigenvalue weighted by atomic mass is 9.92. The quantitative estimate of drug-likeness (QED) is 0.629. The summed E-state index contributed by atoms with van der Waals surface area (Å²) in [6.07, 6.45) is -0.111. The third kappa shape index (κ3) is 1.33. The zero-order valence-electron chi connectivity index (χ0n) is 8.64. The molecule has 2 nitrogen and oxygen atoms in total. The number of hydrogen-bond acceptors (Lipinski definition) is 1. The van der Waals surface area contributed by atoms with E-state index in [0.717, 1.165) is 5.69 Å². The van der Waals surface area contributed by atoms with Crippen LogP contribution in [0.25, 0.3) is 0 Å². The van der Waals surface area contributed by atoms with Crippen LogP contribution in [0.1, 0.15) is 38.6 Å². The molecule has 0 fully saturated rings. The third-order valence-electron chi connectivity index (χ3n) is 2.56. The Hall–Kier alpha value is -0.930. The van der Waals surface area contributed by atoms with Crippen LogP contribution in [-0.4, -0.2) is 9.78 Å². The Labute approximate surface area is 81.9 Å². The maximum absolute atomic E-state index is 13.3. The highest BCUT2D eigenvalue weighted by molar-refractivity contribution is 5.22. The molecule has 78 valence electrons. The summed E-state index contributed by atoms with van der Waals surface area (Å²) in [6.45, 7) is 6.26. The van der Waals surface area contributed by atoms with Gasteiger partial charge in [-0.1, -0.05) is 20.8 Å². The molecule has 2 heterocycles. The van der Waals surface area contributed by atoms with E-state index >= 15 is 0 Å². The molecule has 4 heteroatoms. The van der Waals surface area contributed by atoms with Crippen molar-refractivity contribution in [2.45, 2.75) is 45.1 Å². The largest absolute Gasteiger partial charge is 0.291 e. The molecule has 0 radical (unpaired) electrons. The van der Waals surface area contributed by atoms with Crippen LogP contribution in [0.2, 0.25) is 0 Å². The highest BCUT2D eigenvalue weighted by Gasteiger charge is 2.41. The van der Waals surface area contributed by atoms with Crippen molar-refractivity contribution in [2.75, 3.05) is 0 Å². The van der Waals surface area contributed by atoms with Gasteiger partial charge in [0.1, 0.15) is 5.69 Å². The van der Waals surface area contributed by atoms with E-state index in [4.69, 9.17) is 0 Å². The molecule has 1 aromatic rings. The molecule has 2 rings (SSSR count). The average Bonchev–Trinajstić information content (AvgIpc) is 2.51. The molecule has 0 atom stereocenters. The lowest BCUT2D eigenvalue weighted by molar-refractivity contribution is -0.00220. The number of rotatable bonds is 0. The summed E-state index contributed by atoms with van der Waals surface area (Å²) < 4.78 is 28.0. The van der Waals surface area contributed by atoms with Gasteiger partial charge in [0.25, 0.3) is 5.92 Å². The smallest absolute Gasteiger partial charge is 0.263 e. The van der Waals surface area contributed by atoms with Crippen LogP contribution in [0.3, 0.4) is 0 Å². The zero-order chi connectivity index (χ0) is 10.6. The van der Waals surface area contributed by atoms with Crippen molar-refractivity contribution in [1.29, 1.82) is 0 Å². The van der Waals surface area contributed by atoms with Gasteiger partial charge in [0.05, 0.1) is 5.69 Å². The molecule has 1 aromatic heterocycles. The second-order valence-corrected chi connectivity index (χ2v) is 4.84. The van der Waals surface area contributed by atoms with Gasteiger partial charge in [-0.15, -0.1) is 0 Å².